The van der Waals surface area contributed by atoms with E-state index in [9.17, 15) is 4.79 Å². The molecule has 6 heteroatoms. The maximum absolute atomic E-state index is 12.1. The quantitative estimate of drug-likeness (QED) is 0.299. The zero-order valence-electron chi connectivity index (χ0n) is 10.4. The van der Waals surface area contributed by atoms with Crippen molar-refractivity contribution >= 4 is 23.5 Å². The van der Waals surface area contributed by atoms with Crippen LogP contribution in [0.4, 0.5) is 0 Å². The Morgan fingerprint density at radius 2 is 2.24 bits per heavy atom. The molecule has 1 amide bonds. The molecule has 0 spiro atoms. The summed E-state index contributed by atoms with van der Waals surface area (Å²) in [6.45, 7) is 3.84. The summed E-state index contributed by atoms with van der Waals surface area (Å²) in [5.41, 5.74) is 4.99. The smallest absolute Gasteiger partial charge is 0.224 e. The zero-order valence-corrected chi connectivity index (χ0v) is 11.2. The fourth-order valence-corrected chi connectivity index (χ4v) is 3.25. The molecule has 1 fully saturated rings. The van der Waals surface area contributed by atoms with Gasteiger partial charge in [0.1, 0.15) is 5.54 Å². The molecule has 1 heterocycles. The van der Waals surface area contributed by atoms with Crippen molar-refractivity contribution in [1.82, 2.24) is 5.32 Å². The first-order valence-corrected chi connectivity index (χ1v) is 7.12. The number of carbonyl (C=O) groups is 1. The molecule has 17 heavy (non-hydrogen) atoms. The minimum absolute atomic E-state index is 0.0188. The monoisotopic (exact) mass is 259 g/mol. The van der Waals surface area contributed by atoms with Gasteiger partial charge in [0, 0.05) is 11.7 Å². The normalized spacial score (nSPS) is 21.5. The summed E-state index contributed by atoms with van der Waals surface area (Å²) < 4.78 is 0. The van der Waals surface area contributed by atoms with Crippen molar-refractivity contribution in [1.29, 1.82) is 0 Å². The highest BCUT2D eigenvalue weighted by Gasteiger charge is 2.36. The van der Waals surface area contributed by atoms with Crippen LogP contribution in [0.1, 0.15) is 33.1 Å². The summed E-state index contributed by atoms with van der Waals surface area (Å²) in [6.07, 6.45) is 2.15. The molecule has 0 aromatic carbocycles. The molecule has 0 saturated carbocycles. The number of nitrogens with one attached hydrogen (secondary N) is 1. The van der Waals surface area contributed by atoms with Crippen molar-refractivity contribution in [3.63, 3.8) is 0 Å². The zero-order chi connectivity index (χ0) is 12.9. The van der Waals surface area contributed by atoms with Crippen LogP contribution in [0, 0.1) is 5.92 Å². The highest BCUT2D eigenvalue weighted by molar-refractivity contribution is 7.99. The van der Waals surface area contributed by atoms with E-state index in [0.717, 1.165) is 17.9 Å². The van der Waals surface area contributed by atoms with Gasteiger partial charge in [0.15, 0.2) is 5.84 Å². The Balaban J connectivity index is 2.75. The molecule has 1 rings (SSSR count). The SMILES string of the molecule is CCC(CC)(NC(=O)C1CCSC1)C(N)=NO. The molecule has 5 nitrogen and oxygen atoms in total. The third-order valence-electron chi connectivity index (χ3n) is 3.47. The first-order chi connectivity index (χ1) is 8.09. The van der Waals surface area contributed by atoms with E-state index in [1.165, 1.54) is 0 Å². The van der Waals surface area contributed by atoms with Crippen molar-refractivity contribution in [2.75, 3.05) is 11.5 Å². The van der Waals surface area contributed by atoms with Crippen LogP contribution < -0.4 is 11.1 Å². The molecule has 1 aliphatic heterocycles. The maximum Gasteiger partial charge on any atom is 0.224 e. The number of nitrogens with two attached hydrogens (primary N) is 1. The summed E-state index contributed by atoms with van der Waals surface area (Å²) >= 11 is 1.79. The molecule has 0 aromatic rings. The topological polar surface area (TPSA) is 87.7 Å². The maximum atomic E-state index is 12.1. The van der Waals surface area contributed by atoms with Gasteiger partial charge in [-0.15, -0.1) is 0 Å². The molecular weight excluding hydrogens is 238 g/mol. The number of hydrogen-bond acceptors (Lipinski definition) is 4. The summed E-state index contributed by atoms with van der Waals surface area (Å²) in [4.78, 5) is 12.1. The van der Waals surface area contributed by atoms with E-state index >= 15 is 0 Å². The number of amidine groups is 1. The van der Waals surface area contributed by atoms with E-state index in [1.54, 1.807) is 11.8 Å². The molecule has 4 N–H and O–H groups in total. The summed E-state index contributed by atoms with van der Waals surface area (Å²) in [5.74, 6) is 2.06. The average molecular weight is 259 g/mol. The van der Waals surface area contributed by atoms with Crippen molar-refractivity contribution < 1.29 is 10.0 Å². The Kier molecular flexibility index (Phi) is 5.11. The molecule has 0 radical (unpaired) electrons. The summed E-state index contributed by atoms with van der Waals surface area (Å²) in [5, 5.41) is 14.8. The lowest BCUT2D eigenvalue weighted by molar-refractivity contribution is -0.125. The standard InChI is InChI=1S/C11H21N3O2S/c1-3-11(4-2,10(12)14-16)13-9(15)8-5-6-17-7-8/h8,16H,3-7H2,1-2H3,(H2,12,14)(H,13,15). The van der Waals surface area contributed by atoms with Crippen LogP contribution in [-0.2, 0) is 4.79 Å². The van der Waals surface area contributed by atoms with E-state index < -0.39 is 5.54 Å². The molecule has 0 aromatic heterocycles. The third kappa shape index (κ3) is 3.06. The minimum Gasteiger partial charge on any atom is -0.409 e. The first kappa shape index (κ1) is 14.2. The highest BCUT2D eigenvalue weighted by atomic mass is 32.2. The minimum atomic E-state index is -0.709. The Hall–Kier alpha value is -0.910. The van der Waals surface area contributed by atoms with Gasteiger partial charge in [-0.3, -0.25) is 4.79 Å². The Labute approximate surface area is 106 Å². The predicted octanol–water partition coefficient (Wildman–Crippen LogP) is 1.16. The number of rotatable bonds is 5. The van der Waals surface area contributed by atoms with Gasteiger partial charge < -0.3 is 16.3 Å². The molecule has 0 bridgehead atoms. The molecule has 0 aliphatic carbocycles. The Morgan fingerprint density at radius 3 is 2.65 bits per heavy atom. The lowest BCUT2D eigenvalue weighted by Gasteiger charge is -2.32. The summed E-state index contributed by atoms with van der Waals surface area (Å²) in [7, 11) is 0. The van der Waals surface area contributed by atoms with Crippen LogP contribution >= 0.6 is 11.8 Å². The van der Waals surface area contributed by atoms with Crippen LogP contribution in [0.15, 0.2) is 5.16 Å². The van der Waals surface area contributed by atoms with Crippen LogP contribution in [0.3, 0.4) is 0 Å². The number of amides is 1. The number of thioether (sulfide) groups is 1. The number of oxime groups is 1. The Bertz CT molecular complexity index is 297. The van der Waals surface area contributed by atoms with Crippen LogP contribution in [-0.4, -0.2) is 34.0 Å². The lowest BCUT2D eigenvalue weighted by Crippen LogP contribution is -2.58. The number of hydrogen-bond donors (Lipinski definition) is 3. The van der Waals surface area contributed by atoms with Gasteiger partial charge in [-0.25, -0.2) is 0 Å². The first-order valence-electron chi connectivity index (χ1n) is 5.97. The average Bonchev–Trinajstić information content (AvgIpc) is 2.88. The van der Waals surface area contributed by atoms with Crippen molar-refractivity contribution in [3.05, 3.63) is 0 Å². The van der Waals surface area contributed by atoms with Gasteiger partial charge in [-0.05, 0) is 25.0 Å². The van der Waals surface area contributed by atoms with Gasteiger partial charge in [0.05, 0.1) is 0 Å². The van der Waals surface area contributed by atoms with Crippen LogP contribution in [0.5, 0.6) is 0 Å². The largest absolute Gasteiger partial charge is 0.409 e. The Morgan fingerprint density at radius 1 is 1.59 bits per heavy atom. The molecule has 1 saturated heterocycles. The highest BCUT2D eigenvalue weighted by Crippen LogP contribution is 2.25. The van der Waals surface area contributed by atoms with E-state index in [0.29, 0.717) is 12.8 Å². The van der Waals surface area contributed by atoms with E-state index in [-0.39, 0.29) is 17.7 Å². The summed E-state index contributed by atoms with van der Waals surface area (Å²) in [6, 6.07) is 0. The van der Waals surface area contributed by atoms with E-state index in [1.807, 2.05) is 13.8 Å². The molecule has 1 atom stereocenters. The second-order valence-corrected chi connectivity index (χ2v) is 5.47. The van der Waals surface area contributed by atoms with Crippen molar-refractivity contribution in [2.24, 2.45) is 16.8 Å². The lowest BCUT2D eigenvalue weighted by atomic mass is 9.90. The second kappa shape index (κ2) is 6.14. The van der Waals surface area contributed by atoms with E-state index in [2.05, 4.69) is 10.5 Å². The molecule has 1 aliphatic rings. The van der Waals surface area contributed by atoms with Crippen LogP contribution in [0.25, 0.3) is 0 Å². The predicted molar refractivity (Wildman–Crippen MR) is 70.3 cm³/mol. The van der Waals surface area contributed by atoms with E-state index in [4.69, 9.17) is 10.9 Å². The fourth-order valence-electron chi connectivity index (χ4n) is 2.03. The number of carbonyl (C=O) groups excluding carboxylic acids is 1. The van der Waals surface area contributed by atoms with Gasteiger partial charge in [0.25, 0.3) is 0 Å². The molecule has 98 valence electrons. The van der Waals surface area contributed by atoms with Crippen LogP contribution in [0.2, 0.25) is 0 Å². The number of nitrogens with zero attached hydrogens (tertiary/aromatic N) is 1. The third-order valence-corrected chi connectivity index (χ3v) is 4.63. The second-order valence-electron chi connectivity index (χ2n) is 4.32. The molecule has 1 unspecified atom stereocenters. The van der Waals surface area contributed by atoms with Gasteiger partial charge >= 0.3 is 0 Å². The molecular formula is C11H21N3O2S. The van der Waals surface area contributed by atoms with Gasteiger partial charge in [-0.1, -0.05) is 19.0 Å². The van der Waals surface area contributed by atoms with Crippen molar-refractivity contribution in [3.8, 4) is 0 Å². The van der Waals surface area contributed by atoms with Gasteiger partial charge in [-0.2, -0.15) is 11.8 Å². The fraction of sp³-hybridized carbons (Fsp3) is 0.818. The van der Waals surface area contributed by atoms with Crippen molar-refractivity contribution in [2.45, 2.75) is 38.6 Å². The van der Waals surface area contributed by atoms with Gasteiger partial charge in [0.2, 0.25) is 5.91 Å².